The van der Waals surface area contributed by atoms with Gasteiger partial charge < -0.3 is 20.1 Å². The smallest absolute Gasteiger partial charge is 0.336 e. The van der Waals surface area contributed by atoms with Gasteiger partial charge >= 0.3 is 11.9 Å². The van der Waals surface area contributed by atoms with Gasteiger partial charge in [-0.2, -0.15) is 0 Å². The Morgan fingerprint density at radius 2 is 2.00 bits per heavy atom. The van der Waals surface area contributed by atoms with Crippen molar-refractivity contribution in [3.8, 4) is 0 Å². The van der Waals surface area contributed by atoms with Crippen LogP contribution >= 0.6 is 0 Å². The van der Waals surface area contributed by atoms with Crippen LogP contribution in [0.25, 0.3) is 0 Å². The predicted octanol–water partition coefficient (Wildman–Crippen LogP) is 0.767. The van der Waals surface area contributed by atoms with E-state index in [2.05, 4.69) is 0 Å². The molecule has 1 heterocycles. The molecule has 0 aromatic rings. The van der Waals surface area contributed by atoms with E-state index in [0.29, 0.717) is 0 Å². The second kappa shape index (κ2) is 7.12. The van der Waals surface area contributed by atoms with Crippen LogP contribution in [0.3, 0.4) is 0 Å². The first-order chi connectivity index (χ1) is 10.5. The lowest BCUT2D eigenvalue weighted by atomic mass is 9.94. The van der Waals surface area contributed by atoms with Gasteiger partial charge in [0.15, 0.2) is 5.54 Å². The highest BCUT2D eigenvalue weighted by Crippen LogP contribution is 2.23. The number of carbonyl (C=O) groups excluding carboxylic acids is 3. The number of carbonyl (C=O) groups is 3. The second-order valence-corrected chi connectivity index (χ2v) is 6.69. The molecular formula is C16H26N2O5. The fourth-order valence-corrected chi connectivity index (χ4v) is 2.17. The largest absolute Gasteiger partial charge is 0.465 e. The van der Waals surface area contributed by atoms with E-state index in [1.807, 2.05) is 6.92 Å². The maximum Gasteiger partial charge on any atom is 0.336 e. The van der Waals surface area contributed by atoms with Crippen LogP contribution in [0.1, 0.15) is 41.0 Å². The molecule has 7 nitrogen and oxygen atoms in total. The van der Waals surface area contributed by atoms with Gasteiger partial charge in [0.05, 0.1) is 6.61 Å². The number of hydrogen-bond donors (Lipinski definition) is 1. The average molecular weight is 326 g/mol. The molecule has 0 aromatic heterocycles. The summed E-state index contributed by atoms with van der Waals surface area (Å²) in [5.41, 5.74) is 4.34. The molecule has 1 atom stereocenters. The minimum Gasteiger partial charge on any atom is -0.465 e. The number of hydrogen-bond acceptors (Lipinski definition) is 6. The summed E-state index contributed by atoms with van der Waals surface area (Å²) in [6.07, 6.45) is 1.76. The molecule has 0 bridgehead atoms. The lowest BCUT2D eigenvalue weighted by molar-refractivity contribution is -0.168. The van der Waals surface area contributed by atoms with Crippen LogP contribution in [0, 0.1) is 0 Å². The summed E-state index contributed by atoms with van der Waals surface area (Å²) < 4.78 is 10.2. The molecule has 0 fully saturated rings. The third kappa shape index (κ3) is 5.06. The van der Waals surface area contributed by atoms with Gasteiger partial charge in [0, 0.05) is 13.0 Å². The van der Waals surface area contributed by atoms with E-state index in [1.54, 1.807) is 33.8 Å². The molecule has 0 radical (unpaired) electrons. The van der Waals surface area contributed by atoms with Crippen LogP contribution in [-0.2, 0) is 23.9 Å². The van der Waals surface area contributed by atoms with E-state index >= 15 is 0 Å². The fourth-order valence-electron chi connectivity index (χ4n) is 2.17. The monoisotopic (exact) mass is 326 g/mol. The predicted molar refractivity (Wildman–Crippen MR) is 84.4 cm³/mol. The van der Waals surface area contributed by atoms with Gasteiger partial charge in [0.1, 0.15) is 12.1 Å². The van der Waals surface area contributed by atoms with Gasteiger partial charge in [-0.3, -0.25) is 9.59 Å². The molecule has 130 valence electrons. The SMILES string of the molecule is CCOC(=O)CN1CC(C)=CCC(N)(C(=O)OC(C)(C)C)C1=O. The number of nitrogens with two attached hydrogens (primary N) is 1. The maximum absolute atomic E-state index is 12.7. The first-order valence-electron chi connectivity index (χ1n) is 7.62. The van der Waals surface area contributed by atoms with Crippen molar-refractivity contribution in [2.75, 3.05) is 19.7 Å². The summed E-state index contributed by atoms with van der Waals surface area (Å²) in [6, 6.07) is 0. The van der Waals surface area contributed by atoms with Crippen molar-refractivity contribution < 1.29 is 23.9 Å². The van der Waals surface area contributed by atoms with Crippen LogP contribution in [0.4, 0.5) is 0 Å². The summed E-state index contributed by atoms with van der Waals surface area (Å²) in [6.45, 7) is 8.79. The second-order valence-electron chi connectivity index (χ2n) is 6.69. The standard InChI is InChI=1S/C16H26N2O5/c1-6-22-12(19)10-18-9-11(2)7-8-16(17,13(18)20)14(21)23-15(3,4)5/h7H,6,8-10,17H2,1-5H3. The van der Waals surface area contributed by atoms with Gasteiger partial charge in [-0.1, -0.05) is 11.6 Å². The molecule has 1 aliphatic heterocycles. The molecule has 0 saturated carbocycles. The Kier molecular flexibility index (Phi) is 5.93. The van der Waals surface area contributed by atoms with Gasteiger partial charge in [0.2, 0.25) is 0 Å². The van der Waals surface area contributed by atoms with E-state index in [0.717, 1.165) is 5.57 Å². The first kappa shape index (κ1) is 19.2. The molecule has 0 saturated heterocycles. The highest BCUT2D eigenvalue weighted by Gasteiger charge is 2.48. The topological polar surface area (TPSA) is 98.9 Å². The van der Waals surface area contributed by atoms with Gasteiger partial charge in [-0.25, -0.2) is 4.79 Å². The molecule has 0 aliphatic carbocycles. The van der Waals surface area contributed by atoms with E-state index in [4.69, 9.17) is 15.2 Å². The molecule has 1 rings (SSSR count). The number of ether oxygens (including phenoxy) is 2. The van der Waals surface area contributed by atoms with Crippen LogP contribution in [0.5, 0.6) is 0 Å². The Bertz CT molecular complexity index is 521. The first-order valence-corrected chi connectivity index (χ1v) is 7.62. The fraction of sp³-hybridized carbons (Fsp3) is 0.688. The minimum atomic E-state index is -1.84. The zero-order chi connectivity index (χ0) is 17.8. The molecule has 0 spiro atoms. The molecule has 2 N–H and O–H groups in total. The quantitative estimate of drug-likeness (QED) is 0.465. The highest BCUT2D eigenvalue weighted by atomic mass is 16.6. The van der Waals surface area contributed by atoms with Crippen molar-refractivity contribution in [1.29, 1.82) is 0 Å². The van der Waals surface area contributed by atoms with Gasteiger partial charge in [-0.15, -0.1) is 0 Å². The minimum absolute atomic E-state index is 0.0336. The van der Waals surface area contributed by atoms with Crippen LogP contribution in [-0.4, -0.2) is 53.6 Å². The number of amides is 1. The Morgan fingerprint density at radius 3 is 2.52 bits per heavy atom. The van der Waals surface area contributed by atoms with Crippen LogP contribution < -0.4 is 5.73 Å². The van der Waals surface area contributed by atoms with E-state index in [-0.39, 0.29) is 26.1 Å². The Morgan fingerprint density at radius 1 is 1.39 bits per heavy atom. The summed E-state index contributed by atoms with van der Waals surface area (Å²) in [4.78, 5) is 38.1. The summed E-state index contributed by atoms with van der Waals surface area (Å²) in [5, 5.41) is 0. The van der Waals surface area contributed by atoms with Crippen molar-refractivity contribution in [3.05, 3.63) is 11.6 Å². The molecule has 23 heavy (non-hydrogen) atoms. The molecule has 1 unspecified atom stereocenters. The van der Waals surface area contributed by atoms with Gasteiger partial charge in [0.25, 0.3) is 5.91 Å². The third-order valence-corrected chi connectivity index (χ3v) is 3.27. The Labute approximate surface area is 136 Å². The number of rotatable bonds is 4. The van der Waals surface area contributed by atoms with Crippen molar-refractivity contribution >= 4 is 17.8 Å². The normalized spacial score (nSPS) is 22.3. The van der Waals surface area contributed by atoms with Crippen molar-refractivity contribution in [3.63, 3.8) is 0 Å². The molecule has 0 aromatic carbocycles. The maximum atomic E-state index is 12.7. The molecule has 7 heteroatoms. The Hall–Kier alpha value is -1.89. The number of nitrogens with zero attached hydrogens (tertiary/aromatic N) is 1. The summed E-state index contributed by atoms with van der Waals surface area (Å²) >= 11 is 0. The third-order valence-electron chi connectivity index (χ3n) is 3.27. The molecule has 1 amide bonds. The lowest BCUT2D eigenvalue weighted by Gasteiger charge is -2.32. The van der Waals surface area contributed by atoms with Crippen molar-refractivity contribution in [2.45, 2.75) is 52.2 Å². The lowest BCUT2D eigenvalue weighted by Crippen LogP contribution is -2.61. The van der Waals surface area contributed by atoms with Crippen LogP contribution in [0.15, 0.2) is 11.6 Å². The summed E-state index contributed by atoms with van der Waals surface area (Å²) in [7, 11) is 0. The zero-order valence-electron chi connectivity index (χ0n) is 14.5. The average Bonchev–Trinajstić information content (AvgIpc) is 2.50. The van der Waals surface area contributed by atoms with Gasteiger partial charge in [-0.05, 0) is 34.6 Å². The van der Waals surface area contributed by atoms with E-state index < -0.39 is 29.0 Å². The van der Waals surface area contributed by atoms with E-state index in [1.165, 1.54) is 4.90 Å². The van der Waals surface area contributed by atoms with E-state index in [9.17, 15) is 14.4 Å². The molecular weight excluding hydrogens is 300 g/mol. The number of esters is 2. The summed E-state index contributed by atoms with van der Waals surface area (Å²) in [5.74, 6) is -1.97. The highest BCUT2D eigenvalue weighted by molar-refractivity contribution is 6.08. The molecule has 1 aliphatic rings. The van der Waals surface area contributed by atoms with Crippen molar-refractivity contribution in [1.82, 2.24) is 4.90 Å². The Balaban J connectivity index is 3.05. The van der Waals surface area contributed by atoms with Crippen LogP contribution in [0.2, 0.25) is 0 Å². The zero-order valence-corrected chi connectivity index (χ0v) is 14.5. The van der Waals surface area contributed by atoms with Crippen molar-refractivity contribution in [2.24, 2.45) is 5.73 Å².